The Kier molecular flexibility index (Phi) is 9.56. The van der Waals surface area contributed by atoms with E-state index in [4.69, 9.17) is 29.5 Å². The van der Waals surface area contributed by atoms with Gasteiger partial charge >= 0.3 is 17.9 Å². The number of amides is 1. The lowest BCUT2D eigenvalue weighted by Crippen LogP contribution is -2.58. The largest absolute Gasteiger partial charge is 0.467 e. The summed E-state index contributed by atoms with van der Waals surface area (Å²) in [6, 6.07) is 12.2. The van der Waals surface area contributed by atoms with E-state index in [1.165, 1.54) is 33.1 Å². The summed E-state index contributed by atoms with van der Waals surface area (Å²) in [6.07, 6.45) is -1.91. The number of β-lactam (4-membered cyclic amide) rings is 1. The quantitative estimate of drug-likeness (QED) is 0.148. The van der Waals surface area contributed by atoms with Crippen LogP contribution < -0.4 is 10.6 Å². The summed E-state index contributed by atoms with van der Waals surface area (Å²) in [4.78, 5) is 47.8. The monoisotopic (exact) mass is 572 g/mol. The van der Waals surface area contributed by atoms with E-state index in [1.54, 1.807) is 36.4 Å². The van der Waals surface area contributed by atoms with Gasteiger partial charge in [0.05, 0.1) is 19.1 Å². The molecule has 2 aromatic rings. The van der Waals surface area contributed by atoms with E-state index >= 15 is 0 Å². The number of ether oxygens (including phenoxy) is 5. The van der Waals surface area contributed by atoms with Gasteiger partial charge < -0.3 is 23.7 Å². The Balaban J connectivity index is 1.41. The molecule has 1 amide bonds. The molecule has 3 unspecified atom stereocenters. The van der Waals surface area contributed by atoms with E-state index in [0.29, 0.717) is 24.2 Å². The van der Waals surface area contributed by atoms with E-state index in [0.717, 1.165) is 10.6 Å². The van der Waals surface area contributed by atoms with Crippen molar-refractivity contribution in [1.82, 2.24) is 5.01 Å². The molecule has 12 heteroatoms. The highest BCUT2D eigenvalue weighted by Gasteiger charge is 2.46. The lowest BCUT2D eigenvalue weighted by atomic mass is 9.80. The summed E-state index contributed by atoms with van der Waals surface area (Å²) in [5.74, 6) is 3.82. The van der Waals surface area contributed by atoms with Crippen LogP contribution in [0.4, 0.5) is 4.39 Å². The molecule has 220 valence electrons. The molecule has 2 fully saturated rings. The number of hydrazine groups is 1. The van der Waals surface area contributed by atoms with Gasteiger partial charge in [-0.3, -0.25) is 19.4 Å². The molecule has 4 rings (SSSR count). The third-order valence-electron chi connectivity index (χ3n) is 7.08. The van der Waals surface area contributed by atoms with E-state index in [2.05, 4.69) is 0 Å². The first kappa shape index (κ1) is 29.9. The number of halogens is 1. The minimum absolute atomic E-state index is 0.161. The molecule has 11 nitrogen and oxygen atoms in total. The summed E-state index contributed by atoms with van der Waals surface area (Å²) in [5.41, 5.74) is 1.40. The minimum Gasteiger partial charge on any atom is -0.467 e. The van der Waals surface area contributed by atoms with Crippen molar-refractivity contribution in [3.05, 3.63) is 65.5 Å². The van der Waals surface area contributed by atoms with Gasteiger partial charge in [-0.1, -0.05) is 24.3 Å². The van der Waals surface area contributed by atoms with Crippen molar-refractivity contribution in [3.8, 4) is 5.75 Å². The maximum Gasteiger partial charge on any atom is 0.335 e. The minimum atomic E-state index is -0.944. The number of carbonyl (C=O) groups is 4. The van der Waals surface area contributed by atoms with Gasteiger partial charge in [-0.05, 0) is 48.2 Å². The van der Waals surface area contributed by atoms with E-state index in [9.17, 15) is 23.6 Å². The molecule has 2 aromatic carbocycles. The van der Waals surface area contributed by atoms with Crippen molar-refractivity contribution < 1.29 is 47.3 Å². The van der Waals surface area contributed by atoms with Crippen molar-refractivity contribution in [2.45, 2.75) is 70.2 Å². The third-order valence-corrected chi connectivity index (χ3v) is 7.08. The average Bonchev–Trinajstić information content (AvgIpc) is 2.94. The molecule has 2 saturated heterocycles. The summed E-state index contributed by atoms with van der Waals surface area (Å²) in [7, 11) is 1.24. The van der Waals surface area contributed by atoms with Crippen molar-refractivity contribution in [1.29, 1.82) is 0 Å². The van der Waals surface area contributed by atoms with Crippen LogP contribution in [0.3, 0.4) is 0 Å². The van der Waals surface area contributed by atoms with Crippen LogP contribution in [-0.2, 0) is 38.1 Å². The number of benzene rings is 2. The maximum atomic E-state index is 13.4. The van der Waals surface area contributed by atoms with Crippen LogP contribution in [0.25, 0.3) is 0 Å². The average molecular weight is 573 g/mol. The van der Waals surface area contributed by atoms with Crippen LogP contribution in [0, 0.1) is 11.7 Å². The highest BCUT2D eigenvalue weighted by molar-refractivity contribution is 5.86. The standard InChI is InChI=1S/C29H33FN2O9/c1-16(33)38-22-14-25(29(36)37-3)41-26(15-22)40-21-10-6-19(7-11-21)27-23(28(35)32(27)31)12-13-24(39-17(2)34)18-4-8-20(30)9-5-18/h4-11,22-27H,12-15,31H2,1-3H3/t22?,23-,24?,25+,26?,27-/m1/s1. The number of hydrogen-bond acceptors (Lipinski definition) is 10. The zero-order chi connectivity index (χ0) is 29.7. The molecular formula is C29H33FN2O9. The van der Waals surface area contributed by atoms with Crippen LogP contribution in [0.2, 0.25) is 0 Å². The normalized spacial score (nSPS) is 24.6. The van der Waals surface area contributed by atoms with Gasteiger partial charge in [0.25, 0.3) is 0 Å². The van der Waals surface area contributed by atoms with Crippen molar-refractivity contribution >= 4 is 23.8 Å². The molecule has 0 aliphatic carbocycles. The summed E-state index contributed by atoms with van der Waals surface area (Å²) < 4.78 is 40.5. The lowest BCUT2D eigenvalue weighted by Gasteiger charge is -2.44. The number of rotatable bonds is 10. The SMILES string of the molecule is COC(=O)[C@@H]1CC(OC(C)=O)CC(Oc2ccc([C@@H]3[C@@H](CCC(OC(C)=O)c4ccc(F)cc4)C(=O)N3N)cc2)O1. The Morgan fingerprint density at radius 3 is 2.34 bits per heavy atom. The van der Waals surface area contributed by atoms with Gasteiger partial charge in [-0.15, -0.1) is 0 Å². The first-order valence-electron chi connectivity index (χ1n) is 13.2. The van der Waals surface area contributed by atoms with Gasteiger partial charge in [0.1, 0.15) is 23.8 Å². The van der Waals surface area contributed by atoms with Crippen LogP contribution in [-0.4, -0.2) is 54.4 Å². The predicted octanol–water partition coefficient (Wildman–Crippen LogP) is 3.27. The zero-order valence-electron chi connectivity index (χ0n) is 23.0. The van der Waals surface area contributed by atoms with Gasteiger partial charge in [-0.25, -0.2) is 15.0 Å². The molecular weight excluding hydrogens is 539 g/mol. The van der Waals surface area contributed by atoms with Crippen LogP contribution in [0.1, 0.15) is 62.8 Å². The molecule has 0 spiro atoms. The number of nitrogens with two attached hydrogens (primary N) is 1. The Labute approximate surface area is 236 Å². The Morgan fingerprint density at radius 2 is 1.73 bits per heavy atom. The summed E-state index contributed by atoms with van der Waals surface area (Å²) >= 11 is 0. The van der Waals surface area contributed by atoms with E-state index in [1.807, 2.05) is 0 Å². The summed E-state index contributed by atoms with van der Waals surface area (Å²) in [5, 5.41) is 1.16. The number of carbonyl (C=O) groups excluding carboxylic acids is 4. The van der Waals surface area contributed by atoms with Gasteiger partial charge in [0.15, 0.2) is 6.10 Å². The molecule has 2 aliphatic heterocycles. The molecule has 0 radical (unpaired) electrons. The molecule has 0 aromatic heterocycles. The fraction of sp³-hybridized carbons (Fsp3) is 0.448. The van der Waals surface area contributed by atoms with Crippen molar-refractivity contribution in [2.24, 2.45) is 11.8 Å². The summed E-state index contributed by atoms with van der Waals surface area (Å²) in [6.45, 7) is 2.58. The molecule has 2 heterocycles. The zero-order valence-corrected chi connectivity index (χ0v) is 23.0. The van der Waals surface area contributed by atoms with Crippen molar-refractivity contribution in [2.75, 3.05) is 7.11 Å². The highest BCUT2D eigenvalue weighted by Crippen LogP contribution is 2.42. The molecule has 2 N–H and O–H groups in total. The van der Waals surface area contributed by atoms with Gasteiger partial charge in [0.2, 0.25) is 12.2 Å². The molecule has 41 heavy (non-hydrogen) atoms. The second-order valence-corrected chi connectivity index (χ2v) is 9.99. The second-order valence-electron chi connectivity index (χ2n) is 9.99. The molecule has 6 atom stereocenters. The van der Waals surface area contributed by atoms with Gasteiger partial charge in [0, 0.05) is 26.7 Å². The Hall–Kier alpha value is -4.03. The predicted molar refractivity (Wildman–Crippen MR) is 140 cm³/mol. The second kappa shape index (κ2) is 13.1. The molecule has 0 saturated carbocycles. The molecule has 0 bridgehead atoms. The Morgan fingerprint density at radius 1 is 1.05 bits per heavy atom. The maximum absolute atomic E-state index is 13.4. The number of nitrogens with zero attached hydrogens (tertiary/aromatic N) is 1. The van der Waals surface area contributed by atoms with E-state index in [-0.39, 0.29) is 18.7 Å². The number of hydrogen-bond donors (Lipinski definition) is 1. The first-order chi connectivity index (χ1) is 19.5. The first-order valence-corrected chi connectivity index (χ1v) is 13.2. The lowest BCUT2D eigenvalue weighted by molar-refractivity contribution is -0.204. The van der Waals surface area contributed by atoms with Crippen LogP contribution in [0.15, 0.2) is 48.5 Å². The number of esters is 3. The number of methoxy groups -OCH3 is 1. The topological polar surface area (TPSA) is 144 Å². The van der Waals surface area contributed by atoms with Crippen LogP contribution >= 0.6 is 0 Å². The molecule has 2 aliphatic rings. The fourth-order valence-electron chi connectivity index (χ4n) is 5.18. The third kappa shape index (κ3) is 7.39. The van der Waals surface area contributed by atoms with Gasteiger partial charge in [-0.2, -0.15) is 0 Å². The van der Waals surface area contributed by atoms with Crippen LogP contribution in [0.5, 0.6) is 5.75 Å². The highest BCUT2D eigenvalue weighted by atomic mass is 19.1. The Bertz CT molecular complexity index is 1250. The van der Waals surface area contributed by atoms with E-state index < -0.39 is 60.3 Å². The smallest absolute Gasteiger partial charge is 0.335 e. The van der Waals surface area contributed by atoms with Crippen molar-refractivity contribution in [3.63, 3.8) is 0 Å². The fourth-order valence-corrected chi connectivity index (χ4v) is 5.18.